The lowest BCUT2D eigenvalue weighted by Gasteiger charge is -2.30. The number of ether oxygens (including phenoxy) is 2. The Morgan fingerprint density at radius 2 is 1.20 bits per heavy atom. The number of hydrogen-bond acceptors (Lipinski definition) is 10. The first kappa shape index (κ1) is 39.4. The maximum Gasteiger partial charge on any atom is 0.407 e. The van der Waals surface area contributed by atoms with Crippen LogP contribution < -0.4 is 21.3 Å². The van der Waals surface area contributed by atoms with E-state index in [1.165, 1.54) is 24.0 Å². The molecule has 0 radical (unpaired) electrons. The number of amides is 6. The number of aromatic nitrogens is 2. The number of carbonyl (C=O) groups is 6. The average molecular weight is 745 g/mol. The number of anilines is 2. The fourth-order valence-electron chi connectivity index (χ4n) is 6.80. The van der Waals surface area contributed by atoms with Crippen LogP contribution in [0.2, 0.25) is 0 Å². The van der Waals surface area contributed by atoms with Gasteiger partial charge in [0.05, 0.1) is 19.7 Å². The first-order valence-electron chi connectivity index (χ1n) is 18.1. The normalized spacial score (nSPS) is 17.9. The number of alkyl carbamates (subject to hydrolysis) is 2. The number of likely N-dealkylation sites (tertiary alicyclic amines) is 2. The van der Waals surface area contributed by atoms with E-state index in [-0.39, 0.29) is 35.5 Å². The highest BCUT2D eigenvalue weighted by atomic mass is 16.5. The van der Waals surface area contributed by atoms with Crippen LogP contribution in [-0.4, -0.2) is 107 Å². The van der Waals surface area contributed by atoms with Gasteiger partial charge < -0.3 is 35.2 Å². The minimum Gasteiger partial charge on any atom is -0.453 e. The van der Waals surface area contributed by atoms with Crippen LogP contribution in [0.5, 0.6) is 0 Å². The quantitative estimate of drug-likeness (QED) is 0.223. The summed E-state index contributed by atoms with van der Waals surface area (Å²) >= 11 is 0. The van der Waals surface area contributed by atoms with E-state index in [0.29, 0.717) is 50.0 Å². The second kappa shape index (κ2) is 17.4. The minimum atomic E-state index is -0.839. The lowest BCUT2D eigenvalue weighted by Crippen LogP contribution is -2.54. The molecule has 54 heavy (non-hydrogen) atoms. The van der Waals surface area contributed by atoms with Gasteiger partial charge in [0.25, 0.3) is 0 Å². The molecule has 0 unspecified atom stereocenters. The molecule has 16 nitrogen and oxygen atoms in total. The highest BCUT2D eigenvalue weighted by Crippen LogP contribution is 2.27. The predicted molar refractivity (Wildman–Crippen MR) is 200 cm³/mol. The number of methoxy groups -OCH3 is 2. The van der Waals surface area contributed by atoms with E-state index in [1.807, 2.05) is 58.0 Å². The predicted octanol–water partition coefficient (Wildman–Crippen LogP) is 3.92. The molecule has 0 aliphatic carbocycles. The molecule has 3 aromatic rings. The zero-order valence-corrected chi connectivity index (χ0v) is 31.4. The first-order valence-corrected chi connectivity index (χ1v) is 18.1. The molecule has 0 spiro atoms. The Labute approximate surface area is 313 Å². The summed E-state index contributed by atoms with van der Waals surface area (Å²) in [5, 5.41) is 11.6. The summed E-state index contributed by atoms with van der Waals surface area (Å²) in [7, 11) is 2.46. The molecular weight excluding hydrogens is 696 g/mol. The third-order valence-corrected chi connectivity index (χ3v) is 9.76. The summed E-state index contributed by atoms with van der Waals surface area (Å²) in [5.41, 5.74) is 2.94. The van der Waals surface area contributed by atoms with Crippen molar-refractivity contribution in [2.45, 2.75) is 77.5 Å². The maximum absolute atomic E-state index is 13.4. The number of hydrogen-bond donors (Lipinski definition) is 4. The highest BCUT2D eigenvalue weighted by Gasteiger charge is 2.40. The molecular formula is C38H48N8O8. The third kappa shape index (κ3) is 9.04. The standard InChI is InChI=1S/C38H48N8O8/c1-21(2)30(42-37(51)53-5)34(49)45-17-7-9-28(45)32(47)40-26-14-11-23(12-15-26)24-13-16-27-25(19-24)20-39-36(41-27)44-33(48)29-10-8-18-46(29)35(50)31(22(3)4)43-38(52)54-6/h11-16,19-22,28-31H,7-10,17-18H2,1-6H3,(H,40,47)(H,42,51)(H,43,52)(H,39,41,44,48)/t28-,29-,30-,31-/m0/s1. The molecule has 6 amide bonds. The molecule has 2 saturated heterocycles. The third-order valence-electron chi connectivity index (χ3n) is 9.76. The molecule has 16 heteroatoms. The van der Waals surface area contributed by atoms with Crippen LogP contribution in [0.4, 0.5) is 21.2 Å². The molecule has 2 aliphatic rings. The monoisotopic (exact) mass is 744 g/mol. The van der Waals surface area contributed by atoms with Crippen LogP contribution in [0.1, 0.15) is 53.4 Å². The summed E-state index contributed by atoms with van der Waals surface area (Å²) in [6, 6.07) is 9.89. The lowest BCUT2D eigenvalue weighted by atomic mass is 10.0. The van der Waals surface area contributed by atoms with E-state index >= 15 is 0 Å². The molecule has 2 fully saturated rings. The van der Waals surface area contributed by atoms with Crippen molar-refractivity contribution in [2.75, 3.05) is 37.9 Å². The second-order valence-corrected chi connectivity index (χ2v) is 14.1. The molecule has 4 N–H and O–H groups in total. The highest BCUT2D eigenvalue weighted by molar-refractivity contribution is 6.00. The van der Waals surface area contributed by atoms with Gasteiger partial charge in [-0.1, -0.05) is 45.9 Å². The summed E-state index contributed by atoms with van der Waals surface area (Å²) in [4.78, 5) is 88.9. The van der Waals surface area contributed by atoms with Crippen LogP contribution in [-0.2, 0) is 28.7 Å². The van der Waals surface area contributed by atoms with Gasteiger partial charge in [0.15, 0.2) is 0 Å². The molecule has 0 bridgehead atoms. The van der Waals surface area contributed by atoms with E-state index in [2.05, 4.69) is 40.7 Å². The van der Waals surface area contributed by atoms with Crippen LogP contribution in [0.3, 0.4) is 0 Å². The molecule has 2 aliphatic heterocycles. The number of benzene rings is 2. The molecule has 3 heterocycles. The first-order chi connectivity index (χ1) is 25.8. The van der Waals surface area contributed by atoms with Gasteiger partial charge in [-0.05, 0) is 72.9 Å². The Morgan fingerprint density at radius 3 is 1.70 bits per heavy atom. The van der Waals surface area contributed by atoms with Crippen molar-refractivity contribution in [3.05, 3.63) is 48.7 Å². The number of carbonyl (C=O) groups excluding carboxylic acids is 6. The van der Waals surface area contributed by atoms with Gasteiger partial charge in [0.1, 0.15) is 24.2 Å². The number of rotatable bonds is 11. The van der Waals surface area contributed by atoms with E-state index in [9.17, 15) is 28.8 Å². The number of nitrogens with zero attached hydrogens (tertiary/aromatic N) is 4. The summed E-state index contributed by atoms with van der Waals surface area (Å²) in [5.74, 6) is -1.70. The Kier molecular flexibility index (Phi) is 12.7. The molecule has 288 valence electrons. The van der Waals surface area contributed by atoms with E-state index in [4.69, 9.17) is 0 Å². The summed E-state index contributed by atoms with van der Waals surface area (Å²) in [6.45, 7) is 8.05. The van der Waals surface area contributed by atoms with Gasteiger partial charge >= 0.3 is 12.2 Å². The number of fused-ring (bicyclic) bond motifs is 1. The van der Waals surface area contributed by atoms with Gasteiger partial charge in [-0.2, -0.15) is 0 Å². The Hall–Kier alpha value is -5.80. The van der Waals surface area contributed by atoms with Crippen LogP contribution in [0.25, 0.3) is 22.0 Å². The molecule has 1 aromatic heterocycles. The van der Waals surface area contributed by atoms with Crippen molar-refractivity contribution < 1.29 is 38.2 Å². The SMILES string of the molecule is COC(=O)N[C@H](C(=O)N1CCC[C@H]1C(=O)Nc1ccc(-c2ccc3nc(NC(=O)[C@@H]4CCCN4C(=O)[C@@H](NC(=O)OC)C(C)C)ncc3c2)cc1)C(C)C. The average Bonchev–Trinajstić information content (AvgIpc) is 3.86. The van der Waals surface area contributed by atoms with Gasteiger partial charge in [-0.3, -0.25) is 24.5 Å². The van der Waals surface area contributed by atoms with Crippen molar-refractivity contribution in [2.24, 2.45) is 11.8 Å². The van der Waals surface area contributed by atoms with Crippen molar-refractivity contribution in [1.29, 1.82) is 0 Å². The smallest absolute Gasteiger partial charge is 0.407 e. The van der Waals surface area contributed by atoms with Gasteiger partial charge in [-0.25, -0.2) is 19.6 Å². The Morgan fingerprint density at radius 1 is 0.704 bits per heavy atom. The van der Waals surface area contributed by atoms with E-state index in [1.54, 1.807) is 18.3 Å². The topological polar surface area (TPSA) is 201 Å². The zero-order valence-electron chi connectivity index (χ0n) is 31.4. The Bertz CT molecular complexity index is 1880. The fourth-order valence-corrected chi connectivity index (χ4v) is 6.80. The maximum atomic E-state index is 13.4. The fraction of sp³-hybridized carbons (Fsp3) is 0.474. The van der Waals surface area contributed by atoms with Gasteiger partial charge in [-0.15, -0.1) is 0 Å². The van der Waals surface area contributed by atoms with Crippen LogP contribution >= 0.6 is 0 Å². The minimum absolute atomic E-state index is 0.106. The zero-order chi connectivity index (χ0) is 39.1. The molecule has 4 atom stereocenters. The van der Waals surface area contributed by atoms with Crippen molar-refractivity contribution in [3.63, 3.8) is 0 Å². The largest absolute Gasteiger partial charge is 0.453 e. The van der Waals surface area contributed by atoms with E-state index in [0.717, 1.165) is 16.5 Å². The second-order valence-electron chi connectivity index (χ2n) is 14.1. The van der Waals surface area contributed by atoms with Crippen molar-refractivity contribution in [3.8, 4) is 11.1 Å². The molecule has 0 saturated carbocycles. The van der Waals surface area contributed by atoms with E-state index < -0.39 is 42.3 Å². The van der Waals surface area contributed by atoms with Crippen molar-refractivity contribution >= 4 is 58.4 Å². The summed E-state index contributed by atoms with van der Waals surface area (Å²) in [6.07, 6.45) is 2.48. The Balaban J connectivity index is 1.21. The summed E-state index contributed by atoms with van der Waals surface area (Å²) < 4.78 is 9.36. The van der Waals surface area contributed by atoms with Gasteiger partial charge in [0.2, 0.25) is 29.6 Å². The molecule has 2 aromatic carbocycles. The van der Waals surface area contributed by atoms with Gasteiger partial charge in [0, 0.05) is 30.4 Å². The van der Waals surface area contributed by atoms with Crippen LogP contribution in [0, 0.1) is 11.8 Å². The number of nitrogens with one attached hydrogen (secondary N) is 4. The van der Waals surface area contributed by atoms with Crippen molar-refractivity contribution in [1.82, 2.24) is 30.4 Å². The van der Waals surface area contributed by atoms with Crippen LogP contribution in [0.15, 0.2) is 48.7 Å². The molecule has 5 rings (SSSR count). The lowest BCUT2D eigenvalue weighted by molar-refractivity contribution is -0.139.